The molecular formula is C21H29ClN4O2. The zero-order chi connectivity index (χ0) is 19.6. The molecule has 0 N–H and O–H groups in total. The molecule has 0 radical (unpaired) electrons. The maximum atomic E-state index is 6.45. The molecule has 1 saturated carbocycles. The van der Waals surface area contributed by atoms with E-state index in [0.717, 1.165) is 17.5 Å². The molecule has 0 aromatic carbocycles. The van der Waals surface area contributed by atoms with Crippen molar-refractivity contribution in [1.29, 1.82) is 0 Å². The number of halogens is 1. The maximum Gasteiger partial charge on any atom is 0.224 e. The molecule has 152 valence electrons. The van der Waals surface area contributed by atoms with Crippen LogP contribution in [0, 0.1) is 18.8 Å². The lowest BCUT2D eigenvalue weighted by Gasteiger charge is -2.35. The van der Waals surface area contributed by atoms with E-state index in [2.05, 4.69) is 39.6 Å². The minimum atomic E-state index is -0.539. The van der Waals surface area contributed by atoms with Crippen LogP contribution in [0.4, 0.5) is 0 Å². The molecular weight excluding hydrogens is 376 g/mol. The predicted molar refractivity (Wildman–Crippen MR) is 108 cm³/mol. The highest BCUT2D eigenvalue weighted by Crippen LogP contribution is 2.51. The summed E-state index contributed by atoms with van der Waals surface area (Å²) in [5.41, 5.74) is 2.07. The first-order valence-corrected chi connectivity index (χ1v) is 10.7. The van der Waals surface area contributed by atoms with E-state index in [1.54, 1.807) is 0 Å². The topological polar surface area (TPSA) is 52.4 Å². The van der Waals surface area contributed by atoms with Crippen LogP contribution >= 0.6 is 11.6 Å². The van der Waals surface area contributed by atoms with Crippen LogP contribution in [0.25, 0.3) is 11.0 Å². The lowest BCUT2D eigenvalue weighted by molar-refractivity contribution is -0.163. The number of fused-ring (bicyclic) bond motifs is 2. The van der Waals surface area contributed by atoms with Crippen LogP contribution in [0.2, 0.25) is 5.28 Å². The van der Waals surface area contributed by atoms with E-state index in [1.807, 2.05) is 20.0 Å². The molecule has 5 rings (SSSR count). The third-order valence-electron chi connectivity index (χ3n) is 6.95. The molecule has 2 saturated heterocycles. The van der Waals surface area contributed by atoms with Gasteiger partial charge in [0.1, 0.15) is 11.8 Å². The summed E-state index contributed by atoms with van der Waals surface area (Å²) >= 11 is 6.13. The molecule has 3 fully saturated rings. The molecule has 1 aliphatic carbocycles. The molecule has 0 amide bonds. The van der Waals surface area contributed by atoms with Crippen molar-refractivity contribution >= 4 is 22.6 Å². The highest BCUT2D eigenvalue weighted by atomic mass is 35.5. The molecule has 0 spiro atoms. The highest BCUT2D eigenvalue weighted by molar-refractivity contribution is 6.28. The molecule has 28 heavy (non-hydrogen) atoms. The number of aryl methyl sites for hydroxylation is 1. The number of likely N-dealkylation sites (tertiary alicyclic amines) is 1. The fourth-order valence-corrected chi connectivity index (χ4v) is 5.73. The Bertz CT molecular complexity index is 890. The van der Waals surface area contributed by atoms with Gasteiger partial charge in [0, 0.05) is 17.8 Å². The van der Waals surface area contributed by atoms with Crippen molar-refractivity contribution in [1.82, 2.24) is 19.4 Å². The van der Waals surface area contributed by atoms with Crippen LogP contribution in [-0.4, -0.2) is 57.6 Å². The van der Waals surface area contributed by atoms with E-state index in [-0.39, 0.29) is 23.5 Å². The second-order valence-electron chi connectivity index (χ2n) is 9.27. The Morgan fingerprint density at radius 3 is 2.64 bits per heavy atom. The first kappa shape index (κ1) is 18.8. The van der Waals surface area contributed by atoms with Gasteiger partial charge in [0.05, 0.1) is 12.1 Å². The second-order valence-corrected chi connectivity index (χ2v) is 9.61. The maximum absolute atomic E-state index is 6.45. The van der Waals surface area contributed by atoms with Gasteiger partial charge in [-0.25, -0.2) is 4.98 Å². The van der Waals surface area contributed by atoms with Crippen LogP contribution in [0.15, 0.2) is 12.4 Å². The van der Waals surface area contributed by atoms with Crippen molar-refractivity contribution in [3.63, 3.8) is 0 Å². The van der Waals surface area contributed by atoms with Gasteiger partial charge in [0.15, 0.2) is 5.79 Å². The molecule has 0 unspecified atom stereocenters. The Labute approximate surface area is 171 Å². The van der Waals surface area contributed by atoms with E-state index in [0.29, 0.717) is 11.8 Å². The van der Waals surface area contributed by atoms with Crippen molar-refractivity contribution in [2.24, 2.45) is 11.8 Å². The molecule has 2 aromatic heterocycles. The molecule has 3 aliphatic rings. The fourth-order valence-electron chi connectivity index (χ4n) is 5.60. The molecule has 6 nitrogen and oxygen atoms in total. The quantitative estimate of drug-likeness (QED) is 0.712. The average molecular weight is 405 g/mol. The first-order valence-electron chi connectivity index (χ1n) is 10.4. The smallest absolute Gasteiger partial charge is 0.224 e. The van der Waals surface area contributed by atoms with Crippen LogP contribution in [-0.2, 0) is 9.47 Å². The molecule has 2 aromatic rings. The van der Waals surface area contributed by atoms with Gasteiger partial charge in [0.25, 0.3) is 0 Å². The van der Waals surface area contributed by atoms with Crippen molar-refractivity contribution in [3.8, 4) is 0 Å². The standard InChI is InChI=1S/C21H29ClN4O2/c1-12-11-26(19-15(12)10-23-20(22)24-19)16-9-14(13-5-7-25(4)8-6-13)17-18(16)28-21(2,3)27-17/h10-11,13-14,16-18H,5-9H2,1-4H3/t14-,16-,17-,18+/m1/s1. The van der Waals surface area contributed by atoms with Crippen LogP contribution in [0.3, 0.4) is 0 Å². The van der Waals surface area contributed by atoms with E-state index >= 15 is 0 Å². The third kappa shape index (κ3) is 3.05. The van der Waals surface area contributed by atoms with Gasteiger partial charge in [-0.15, -0.1) is 0 Å². The number of rotatable bonds is 2. The van der Waals surface area contributed by atoms with Crippen LogP contribution in [0.5, 0.6) is 0 Å². The molecule has 4 atom stereocenters. The molecule has 4 heterocycles. The van der Waals surface area contributed by atoms with Gasteiger partial charge in [-0.2, -0.15) is 4.98 Å². The van der Waals surface area contributed by atoms with E-state index < -0.39 is 5.79 Å². The summed E-state index contributed by atoms with van der Waals surface area (Å²) in [7, 11) is 2.22. The van der Waals surface area contributed by atoms with Crippen molar-refractivity contribution in [3.05, 3.63) is 23.2 Å². The Hall–Kier alpha value is -1.21. The van der Waals surface area contributed by atoms with Crippen LogP contribution in [0.1, 0.15) is 44.7 Å². The van der Waals surface area contributed by atoms with Gasteiger partial charge >= 0.3 is 0 Å². The lowest BCUT2D eigenvalue weighted by atomic mass is 9.82. The van der Waals surface area contributed by atoms with Gasteiger partial charge in [-0.1, -0.05) is 0 Å². The predicted octanol–water partition coefficient (Wildman–Crippen LogP) is 3.82. The van der Waals surface area contributed by atoms with Crippen molar-refractivity contribution in [2.45, 2.75) is 64.1 Å². The minimum Gasteiger partial charge on any atom is -0.344 e. The van der Waals surface area contributed by atoms with E-state index in [4.69, 9.17) is 21.1 Å². The zero-order valence-electron chi connectivity index (χ0n) is 17.1. The minimum absolute atomic E-state index is 0.0448. The summed E-state index contributed by atoms with van der Waals surface area (Å²) in [5, 5.41) is 1.35. The summed E-state index contributed by atoms with van der Waals surface area (Å²) in [6.07, 6.45) is 7.73. The summed E-state index contributed by atoms with van der Waals surface area (Å²) in [6.45, 7) is 8.51. The zero-order valence-corrected chi connectivity index (χ0v) is 17.8. The number of ether oxygens (including phenoxy) is 2. The molecule has 7 heteroatoms. The third-order valence-corrected chi connectivity index (χ3v) is 7.13. The van der Waals surface area contributed by atoms with Crippen molar-refractivity contribution in [2.75, 3.05) is 20.1 Å². The summed E-state index contributed by atoms with van der Waals surface area (Å²) in [5.74, 6) is 0.662. The number of aromatic nitrogens is 3. The van der Waals surface area contributed by atoms with E-state index in [1.165, 1.54) is 31.5 Å². The fraction of sp³-hybridized carbons (Fsp3) is 0.714. The van der Waals surface area contributed by atoms with Crippen molar-refractivity contribution < 1.29 is 9.47 Å². The Kier molecular flexibility index (Phi) is 4.47. The normalized spacial score (nSPS) is 33.6. The van der Waals surface area contributed by atoms with Gasteiger partial charge < -0.3 is 18.9 Å². The SMILES string of the molecule is Cc1cn([C@@H]2C[C@H](C3CCN(C)CC3)[C@H]3OC(C)(C)O[C@H]32)c2nc(Cl)ncc12. The number of hydrogen-bond acceptors (Lipinski definition) is 5. The summed E-state index contributed by atoms with van der Waals surface area (Å²) in [6, 6.07) is 0.207. The average Bonchev–Trinajstić information content (AvgIpc) is 3.24. The Morgan fingerprint density at radius 1 is 1.18 bits per heavy atom. The Balaban J connectivity index is 1.52. The largest absolute Gasteiger partial charge is 0.344 e. The summed E-state index contributed by atoms with van der Waals surface area (Å²) in [4.78, 5) is 11.2. The van der Waals surface area contributed by atoms with Gasteiger partial charge in [0.2, 0.25) is 5.28 Å². The lowest BCUT2D eigenvalue weighted by Crippen LogP contribution is -2.37. The number of nitrogens with zero attached hydrogens (tertiary/aromatic N) is 4. The molecule has 0 bridgehead atoms. The number of hydrogen-bond donors (Lipinski definition) is 0. The first-order chi connectivity index (χ1) is 13.3. The second kappa shape index (κ2) is 6.66. The monoisotopic (exact) mass is 404 g/mol. The van der Waals surface area contributed by atoms with E-state index in [9.17, 15) is 0 Å². The summed E-state index contributed by atoms with van der Waals surface area (Å²) < 4.78 is 15.2. The van der Waals surface area contributed by atoms with Crippen LogP contribution < -0.4 is 0 Å². The molecule has 2 aliphatic heterocycles. The van der Waals surface area contributed by atoms with Gasteiger partial charge in [-0.05, 0) is 89.2 Å². The Morgan fingerprint density at radius 2 is 1.89 bits per heavy atom. The van der Waals surface area contributed by atoms with Gasteiger partial charge in [-0.3, -0.25) is 0 Å². The number of piperidine rings is 1. The highest BCUT2D eigenvalue weighted by Gasteiger charge is 2.56.